The van der Waals surface area contributed by atoms with Crippen LogP contribution in [0.15, 0.2) is 60.9 Å². The Bertz CT molecular complexity index is 1690. The first-order valence-corrected chi connectivity index (χ1v) is 15.0. The molecule has 0 spiro atoms. The second-order valence-electron chi connectivity index (χ2n) is 12.2. The lowest BCUT2D eigenvalue weighted by Crippen LogP contribution is -2.47. The first-order chi connectivity index (χ1) is 21.8. The molecule has 1 fully saturated rings. The Morgan fingerprint density at radius 3 is 2.63 bits per heavy atom. The van der Waals surface area contributed by atoms with Crippen molar-refractivity contribution in [1.29, 1.82) is 0 Å². The number of fused-ring (bicyclic) bond motifs is 1. The average molecular weight is 639 g/mol. The predicted molar refractivity (Wildman–Crippen MR) is 169 cm³/mol. The number of pyridine rings is 1. The topological polar surface area (TPSA) is 122 Å². The van der Waals surface area contributed by atoms with Crippen LogP contribution in [0.2, 0.25) is 0 Å². The second kappa shape index (κ2) is 13.4. The molecular weight excluding hydrogens is 601 g/mol. The van der Waals surface area contributed by atoms with E-state index in [0.717, 1.165) is 18.4 Å². The number of benzene rings is 2. The van der Waals surface area contributed by atoms with Crippen LogP contribution < -0.4 is 15.4 Å². The lowest BCUT2D eigenvalue weighted by molar-refractivity contribution is -0.198. The number of likely N-dealkylation sites (tertiary alicyclic amines) is 1. The minimum Gasteiger partial charge on any atom is -0.444 e. The van der Waals surface area contributed by atoms with Gasteiger partial charge in [0, 0.05) is 54.5 Å². The van der Waals surface area contributed by atoms with Crippen LogP contribution >= 0.6 is 0 Å². The van der Waals surface area contributed by atoms with E-state index in [9.17, 15) is 23.1 Å². The summed E-state index contributed by atoms with van der Waals surface area (Å²) in [5, 5.41) is 16.8. The summed E-state index contributed by atoms with van der Waals surface area (Å²) < 4.78 is 50.6. The molecule has 244 valence electrons. The summed E-state index contributed by atoms with van der Waals surface area (Å²) in [6.45, 7) is 7.76. The molecule has 3 heterocycles. The van der Waals surface area contributed by atoms with Crippen LogP contribution in [-0.4, -0.2) is 74.6 Å². The molecule has 1 unspecified atom stereocenters. The largest absolute Gasteiger partial charge is 0.444 e. The summed E-state index contributed by atoms with van der Waals surface area (Å²) in [5.74, 6) is 1.15. The van der Waals surface area contributed by atoms with Crippen LogP contribution in [0.4, 0.5) is 29.6 Å². The standard InChI is InChI=1S/C33H37F3N6O4/c1-20-12-13-22-23(9-5-11-25(22)39-18-27(43)33(34,35)36)28(20)45-29-24(10-6-15-37-29)26-14-16-38-30(41-26)40-21-8-7-17-42(19-21)31(44)46-32(2,3)4/h5-6,9-16,21,27,39,43H,7-8,17-19H2,1-4H3,(H,38,40,41)/t21?,27-/m1/s1. The molecule has 1 aliphatic heterocycles. The second-order valence-corrected chi connectivity index (χ2v) is 12.2. The van der Waals surface area contributed by atoms with Gasteiger partial charge in [0.25, 0.3) is 0 Å². The van der Waals surface area contributed by atoms with E-state index in [1.165, 1.54) is 0 Å². The van der Waals surface area contributed by atoms with Crippen molar-refractivity contribution < 1.29 is 32.5 Å². The normalized spacial score (nSPS) is 16.2. The van der Waals surface area contributed by atoms with Gasteiger partial charge in [-0.3, -0.25) is 0 Å². The number of rotatable bonds is 8. The number of hydrogen-bond acceptors (Lipinski definition) is 9. The molecule has 2 atom stereocenters. The van der Waals surface area contributed by atoms with Gasteiger partial charge in [0.05, 0.1) is 11.3 Å². The third kappa shape index (κ3) is 7.94. The number of aromatic nitrogens is 3. The number of carbonyl (C=O) groups is 1. The Balaban J connectivity index is 1.37. The Kier molecular flexibility index (Phi) is 9.52. The van der Waals surface area contributed by atoms with E-state index in [4.69, 9.17) is 14.5 Å². The van der Waals surface area contributed by atoms with Crippen molar-refractivity contribution in [3.05, 3.63) is 66.5 Å². The van der Waals surface area contributed by atoms with Crippen molar-refractivity contribution in [2.45, 2.75) is 64.5 Å². The maximum atomic E-state index is 12.9. The number of hydrogen-bond donors (Lipinski definition) is 3. The van der Waals surface area contributed by atoms with Crippen molar-refractivity contribution in [2.24, 2.45) is 0 Å². The number of aliphatic hydroxyl groups is 1. The maximum Gasteiger partial charge on any atom is 0.416 e. The van der Waals surface area contributed by atoms with Gasteiger partial charge in [-0.05, 0) is 70.4 Å². The average Bonchev–Trinajstić information content (AvgIpc) is 3.00. The summed E-state index contributed by atoms with van der Waals surface area (Å²) in [6, 6.07) is 14.0. The van der Waals surface area contributed by atoms with E-state index in [-0.39, 0.29) is 18.0 Å². The number of nitrogens with one attached hydrogen (secondary N) is 2. The molecule has 3 N–H and O–H groups in total. The van der Waals surface area contributed by atoms with Crippen LogP contribution in [0.1, 0.15) is 39.2 Å². The summed E-state index contributed by atoms with van der Waals surface area (Å²) in [4.78, 5) is 27.9. The highest BCUT2D eigenvalue weighted by Crippen LogP contribution is 2.39. The van der Waals surface area contributed by atoms with E-state index < -0.39 is 24.4 Å². The molecule has 0 saturated carbocycles. The van der Waals surface area contributed by atoms with E-state index in [2.05, 4.69) is 20.6 Å². The highest BCUT2D eigenvalue weighted by atomic mass is 19.4. The van der Waals surface area contributed by atoms with Crippen molar-refractivity contribution in [3.63, 3.8) is 0 Å². The van der Waals surface area contributed by atoms with Crippen molar-refractivity contribution in [1.82, 2.24) is 19.9 Å². The van der Waals surface area contributed by atoms with Gasteiger partial charge in [-0.1, -0.05) is 24.3 Å². The van der Waals surface area contributed by atoms with Crippen molar-refractivity contribution in [2.75, 3.05) is 30.3 Å². The van der Waals surface area contributed by atoms with Crippen molar-refractivity contribution in [3.8, 4) is 22.9 Å². The highest BCUT2D eigenvalue weighted by Gasteiger charge is 2.38. The number of aliphatic hydroxyl groups excluding tert-OH is 1. The molecule has 0 radical (unpaired) electrons. The fourth-order valence-electron chi connectivity index (χ4n) is 5.16. The Morgan fingerprint density at radius 1 is 1.07 bits per heavy atom. The van der Waals surface area contributed by atoms with E-state index in [0.29, 0.717) is 52.5 Å². The molecule has 10 nitrogen and oxygen atoms in total. The molecule has 0 aliphatic carbocycles. The van der Waals surface area contributed by atoms with E-state index in [1.807, 2.05) is 45.9 Å². The first kappa shape index (κ1) is 32.7. The zero-order chi connectivity index (χ0) is 33.1. The smallest absolute Gasteiger partial charge is 0.416 e. The highest BCUT2D eigenvalue weighted by molar-refractivity contribution is 5.98. The van der Waals surface area contributed by atoms with Gasteiger partial charge in [0.2, 0.25) is 11.8 Å². The number of amides is 1. The SMILES string of the molecule is Cc1ccc2c(NC[C@@H](O)C(F)(F)F)cccc2c1Oc1ncccc1-c1ccnc(NC2CCCN(C(=O)OC(C)(C)C)C2)n1. The van der Waals surface area contributed by atoms with Gasteiger partial charge in [-0.15, -0.1) is 0 Å². The van der Waals surface area contributed by atoms with E-state index >= 15 is 0 Å². The predicted octanol–water partition coefficient (Wildman–Crippen LogP) is 6.94. The third-order valence-corrected chi connectivity index (χ3v) is 7.38. The Labute approximate surface area is 265 Å². The van der Waals surface area contributed by atoms with Crippen LogP contribution in [0.3, 0.4) is 0 Å². The summed E-state index contributed by atoms with van der Waals surface area (Å²) in [6.07, 6.45) is -2.72. The van der Waals surface area contributed by atoms with Gasteiger partial charge >= 0.3 is 12.3 Å². The summed E-state index contributed by atoms with van der Waals surface area (Å²) in [5.41, 5.74) is 1.79. The van der Waals surface area contributed by atoms with Gasteiger partial charge in [-0.2, -0.15) is 13.2 Å². The van der Waals surface area contributed by atoms with Gasteiger partial charge < -0.3 is 30.1 Å². The number of anilines is 2. The minimum absolute atomic E-state index is 0.0699. The first-order valence-electron chi connectivity index (χ1n) is 15.0. The molecule has 2 aromatic heterocycles. The lowest BCUT2D eigenvalue weighted by Gasteiger charge is -2.34. The Morgan fingerprint density at radius 2 is 1.87 bits per heavy atom. The molecule has 1 amide bonds. The fraction of sp³-hybridized carbons (Fsp3) is 0.394. The molecule has 1 aliphatic rings. The zero-order valence-corrected chi connectivity index (χ0v) is 26.1. The minimum atomic E-state index is -4.73. The third-order valence-electron chi connectivity index (χ3n) is 7.38. The number of piperidine rings is 1. The molecule has 13 heteroatoms. The quantitative estimate of drug-likeness (QED) is 0.188. The lowest BCUT2D eigenvalue weighted by atomic mass is 10.0. The Hall–Kier alpha value is -4.65. The molecule has 1 saturated heterocycles. The molecule has 4 aromatic rings. The number of ether oxygens (including phenoxy) is 2. The summed E-state index contributed by atoms with van der Waals surface area (Å²) in [7, 11) is 0. The summed E-state index contributed by atoms with van der Waals surface area (Å²) >= 11 is 0. The van der Waals surface area contributed by atoms with Crippen LogP contribution in [-0.2, 0) is 4.74 Å². The monoisotopic (exact) mass is 638 g/mol. The number of halogens is 3. The fourth-order valence-corrected chi connectivity index (χ4v) is 5.16. The van der Waals surface area contributed by atoms with Crippen LogP contribution in [0, 0.1) is 6.92 Å². The molecule has 46 heavy (non-hydrogen) atoms. The van der Waals surface area contributed by atoms with Crippen molar-refractivity contribution >= 4 is 28.5 Å². The number of nitrogens with zero attached hydrogens (tertiary/aromatic N) is 4. The number of alkyl halides is 3. The van der Waals surface area contributed by atoms with Gasteiger partial charge in [0.15, 0.2) is 6.10 Å². The number of carbonyl (C=O) groups excluding carboxylic acids is 1. The molecule has 0 bridgehead atoms. The number of aryl methyl sites for hydroxylation is 1. The maximum absolute atomic E-state index is 12.9. The van der Waals surface area contributed by atoms with Crippen LogP contribution in [0.5, 0.6) is 11.6 Å². The molecule has 5 rings (SSSR count). The van der Waals surface area contributed by atoms with Gasteiger partial charge in [-0.25, -0.2) is 19.7 Å². The zero-order valence-electron chi connectivity index (χ0n) is 26.1. The van der Waals surface area contributed by atoms with Gasteiger partial charge in [0.1, 0.15) is 11.4 Å². The molecule has 2 aromatic carbocycles. The van der Waals surface area contributed by atoms with E-state index in [1.54, 1.807) is 47.6 Å². The van der Waals surface area contributed by atoms with Crippen LogP contribution in [0.25, 0.3) is 22.0 Å². The molecular formula is C33H37F3N6O4.